The van der Waals surface area contributed by atoms with Crippen molar-refractivity contribution in [2.45, 2.75) is 19.3 Å². The van der Waals surface area contributed by atoms with E-state index in [0.29, 0.717) is 57.3 Å². The highest BCUT2D eigenvalue weighted by atomic mass is 19.4. The van der Waals surface area contributed by atoms with E-state index in [1.165, 1.54) is 23.8 Å². The lowest BCUT2D eigenvalue weighted by Gasteiger charge is -2.37. The SMILES string of the molecule is O=C(CN1CCC2=C(C1)N=NC2)N1CCN(c2cnc(NCc3cccc(OC(F)(F)F)c3)nc2)CC1. The summed E-state index contributed by atoms with van der Waals surface area (Å²) in [5, 5.41) is 11.3. The summed E-state index contributed by atoms with van der Waals surface area (Å²) >= 11 is 0. The summed E-state index contributed by atoms with van der Waals surface area (Å²) in [6.45, 7) is 5.49. The third-order valence-corrected chi connectivity index (χ3v) is 6.54. The van der Waals surface area contributed by atoms with E-state index in [1.807, 2.05) is 4.90 Å². The molecule has 1 N–H and O–H groups in total. The van der Waals surface area contributed by atoms with Crippen molar-refractivity contribution >= 4 is 17.5 Å². The molecule has 196 valence electrons. The number of hydrogen-bond acceptors (Lipinski definition) is 9. The molecule has 3 aliphatic heterocycles. The van der Waals surface area contributed by atoms with Crippen LogP contribution in [-0.4, -0.2) is 84.4 Å². The summed E-state index contributed by atoms with van der Waals surface area (Å²) in [4.78, 5) is 27.6. The molecule has 5 rings (SSSR count). The lowest BCUT2D eigenvalue weighted by atomic mass is 10.1. The van der Waals surface area contributed by atoms with Crippen LogP contribution in [0.25, 0.3) is 0 Å². The molecule has 10 nitrogen and oxygen atoms in total. The molecule has 1 amide bonds. The predicted molar refractivity (Wildman–Crippen MR) is 129 cm³/mol. The van der Waals surface area contributed by atoms with E-state index in [4.69, 9.17) is 0 Å². The normalized spacial score (nSPS) is 18.2. The number of aromatic nitrogens is 2. The number of carbonyl (C=O) groups excluding carboxylic acids is 1. The van der Waals surface area contributed by atoms with Crippen LogP contribution in [0, 0.1) is 0 Å². The maximum absolute atomic E-state index is 12.8. The molecule has 1 saturated heterocycles. The molecule has 0 spiro atoms. The number of rotatable bonds is 7. The third-order valence-electron chi connectivity index (χ3n) is 6.54. The van der Waals surface area contributed by atoms with E-state index < -0.39 is 6.36 Å². The van der Waals surface area contributed by atoms with Crippen molar-refractivity contribution in [2.75, 3.05) is 62.6 Å². The van der Waals surface area contributed by atoms with Crippen LogP contribution >= 0.6 is 0 Å². The molecule has 0 radical (unpaired) electrons. The first kappa shape index (κ1) is 24.9. The molecule has 1 aromatic heterocycles. The minimum atomic E-state index is -4.73. The third kappa shape index (κ3) is 6.53. The number of nitrogens with zero attached hydrogens (tertiary/aromatic N) is 7. The van der Waals surface area contributed by atoms with E-state index >= 15 is 0 Å². The summed E-state index contributed by atoms with van der Waals surface area (Å²) in [7, 11) is 0. The van der Waals surface area contributed by atoms with Crippen molar-refractivity contribution < 1.29 is 22.7 Å². The Hall–Kier alpha value is -3.74. The Bertz CT molecular complexity index is 1180. The van der Waals surface area contributed by atoms with Crippen LogP contribution in [0.15, 0.2) is 58.2 Å². The smallest absolute Gasteiger partial charge is 0.406 e. The number of amides is 1. The quantitative estimate of drug-likeness (QED) is 0.604. The highest BCUT2D eigenvalue weighted by molar-refractivity contribution is 5.78. The monoisotopic (exact) mass is 516 g/mol. The van der Waals surface area contributed by atoms with Gasteiger partial charge in [-0.05, 0) is 29.7 Å². The number of azo groups is 1. The molecule has 37 heavy (non-hydrogen) atoms. The van der Waals surface area contributed by atoms with Crippen LogP contribution in [0.1, 0.15) is 12.0 Å². The van der Waals surface area contributed by atoms with E-state index in [9.17, 15) is 18.0 Å². The van der Waals surface area contributed by atoms with Crippen LogP contribution in [0.2, 0.25) is 0 Å². The van der Waals surface area contributed by atoms with Crippen LogP contribution in [0.4, 0.5) is 24.8 Å². The fourth-order valence-corrected chi connectivity index (χ4v) is 4.57. The molecular formula is C24H27F3N8O2. The van der Waals surface area contributed by atoms with Crippen molar-refractivity contribution in [3.63, 3.8) is 0 Å². The average molecular weight is 517 g/mol. The molecule has 0 saturated carbocycles. The number of alkyl halides is 3. The van der Waals surface area contributed by atoms with Gasteiger partial charge in [0.1, 0.15) is 5.75 Å². The number of ether oxygens (including phenoxy) is 1. The first-order chi connectivity index (χ1) is 17.8. The van der Waals surface area contributed by atoms with Gasteiger partial charge in [-0.15, -0.1) is 13.2 Å². The number of benzene rings is 1. The topological polar surface area (TPSA) is 98.6 Å². The zero-order chi connectivity index (χ0) is 25.8. The second kappa shape index (κ2) is 10.7. The average Bonchev–Trinajstić information content (AvgIpc) is 3.35. The van der Waals surface area contributed by atoms with E-state index in [1.54, 1.807) is 18.5 Å². The predicted octanol–water partition coefficient (Wildman–Crippen LogP) is 3.06. The molecule has 0 atom stereocenters. The Kier molecular flexibility index (Phi) is 7.22. The van der Waals surface area contributed by atoms with Gasteiger partial charge in [0, 0.05) is 45.8 Å². The number of piperazine rings is 1. The molecule has 4 heterocycles. The number of hydrogen-bond donors (Lipinski definition) is 1. The number of nitrogens with one attached hydrogen (secondary N) is 1. The summed E-state index contributed by atoms with van der Waals surface area (Å²) in [5.74, 6) is 0.212. The summed E-state index contributed by atoms with van der Waals surface area (Å²) in [5.41, 5.74) is 3.76. The zero-order valence-electron chi connectivity index (χ0n) is 20.1. The first-order valence-electron chi connectivity index (χ1n) is 12.1. The van der Waals surface area contributed by atoms with Gasteiger partial charge in [0.05, 0.1) is 36.9 Å². The Balaban J connectivity index is 1.07. The lowest BCUT2D eigenvalue weighted by molar-refractivity contribution is -0.274. The minimum Gasteiger partial charge on any atom is -0.406 e. The molecule has 0 bridgehead atoms. The van der Waals surface area contributed by atoms with Crippen molar-refractivity contribution in [1.82, 2.24) is 19.8 Å². The van der Waals surface area contributed by atoms with Gasteiger partial charge in [0.2, 0.25) is 11.9 Å². The second-order valence-corrected chi connectivity index (χ2v) is 9.09. The molecule has 13 heteroatoms. The van der Waals surface area contributed by atoms with Gasteiger partial charge in [0.15, 0.2) is 0 Å². The Morgan fingerprint density at radius 2 is 1.86 bits per heavy atom. The van der Waals surface area contributed by atoms with E-state index in [0.717, 1.165) is 24.4 Å². The summed E-state index contributed by atoms with van der Waals surface area (Å²) in [6.07, 6.45) is -0.411. The van der Waals surface area contributed by atoms with E-state index in [-0.39, 0.29) is 18.2 Å². The maximum atomic E-state index is 12.8. The van der Waals surface area contributed by atoms with Crippen molar-refractivity contribution in [1.29, 1.82) is 0 Å². The van der Waals surface area contributed by atoms with E-state index in [2.05, 4.69) is 40.0 Å². The van der Waals surface area contributed by atoms with Gasteiger partial charge in [-0.3, -0.25) is 9.69 Å². The van der Waals surface area contributed by atoms with Crippen LogP contribution in [0.5, 0.6) is 5.75 Å². The lowest BCUT2D eigenvalue weighted by Crippen LogP contribution is -2.51. The largest absolute Gasteiger partial charge is 0.573 e. The van der Waals surface area contributed by atoms with Gasteiger partial charge in [-0.25, -0.2) is 9.97 Å². The van der Waals surface area contributed by atoms with Crippen LogP contribution in [-0.2, 0) is 11.3 Å². The molecular weight excluding hydrogens is 489 g/mol. The number of halogens is 3. The molecule has 2 aromatic rings. The summed E-state index contributed by atoms with van der Waals surface area (Å²) < 4.78 is 41.2. The van der Waals surface area contributed by atoms with Crippen molar-refractivity contribution in [3.8, 4) is 5.75 Å². The van der Waals surface area contributed by atoms with Crippen LogP contribution in [0.3, 0.4) is 0 Å². The van der Waals surface area contributed by atoms with Crippen molar-refractivity contribution in [2.24, 2.45) is 10.2 Å². The van der Waals surface area contributed by atoms with Gasteiger partial charge in [-0.2, -0.15) is 10.2 Å². The van der Waals surface area contributed by atoms with Crippen molar-refractivity contribution in [3.05, 3.63) is 53.5 Å². The zero-order valence-corrected chi connectivity index (χ0v) is 20.1. The van der Waals surface area contributed by atoms with Gasteiger partial charge in [-0.1, -0.05) is 12.1 Å². The highest BCUT2D eigenvalue weighted by Gasteiger charge is 2.31. The molecule has 1 fully saturated rings. The van der Waals surface area contributed by atoms with Gasteiger partial charge < -0.3 is 19.9 Å². The minimum absolute atomic E-state index is 0.124. The molecule has 3 aliphatic rings. The second-order valence-electron chi connectivity index (χ2n) is 9.09. The molecule has 0 aliphatic carbocycles. The first-order valence-corrected chi connectivity index (χ1v) is 12.1. The standard InChI is InChI=1S/C24H27F3N8O2/c25-24(26,27)37-20-3-1-2-17(10-20)11-28-23-29-13-19(14-30-23)34-6-8-35(9-7-34)22(36)16-33-5-4-18-12-31-32-21(18)15-33/h1-3,10,13-14H,4-9,11-12,15-16H2,(H,28,29,30). The number of carbonyl (C=O) groups is 1. The Labute approximate surface area is 211 Å². The Morgan fingerprint density at radius 3 is 2.62 bits per heavy atom. The fraction of sp³-hybridized carbons (Fsp3) is 0.458. The van der Waals surface area contributed by atoms with Gasteiger partial charge >= 0.3 is 6.36 Å². The summed E-state index contributed by atoms with van der Waals surface area (Å²) in [6, 6.07) is 5.74. The van der Waals surface area contributed by atoms with Gasteiger partial charge in [0.25, 0.3) is 0 Å². The maximum Gasteiger partial charge on any atom is 0.573 e. The highest BCUT2D eigenvalue weighted by Crippen LogP contribution is 2.25. The van der Waals surface area contributed by atoms with Crippen LogP contribution < -0.4 is 15.0 Å². The number of anilines is 2. The Morgan fingerprint density at radius 1 is 1.08 bits per heavy atom. The molecule has 0 unspecified atom stereocenters. The fourth-order valence-electron chi connectivity index (χ4n) is 4.57. The molecule has 1 aromatic carbocycles.